The zero-order chi connectivity index (χ0) is 14.5. The van der Waals surface area contributed by atoms with E-state index in [2.05, 4.69) is 21.4 Å². The Labute approximate surface area is 132 Å². The normalized spacial score (nSPS) is 12.2. The molecule has 0 saturated heterocycles. The SMILES string of the molecule is COc1ccccc1CC(NN)c1ccc(Cl)cc1Br. The first kappa shape index (κ1) is 15.3. The van der Waals surface area contributed by atoms with Gasteiger partial charge in [-0.25, -0.2) is 0 Å². The van der Waals surface area contributed by atoms with Crippen LogP contribution in [0.25, 0.3) is 0 Å². The molecule has 0 aliphatic carbocycles. The van der Waals surface area contributed by atoms with Crippen molar-refractivity contribution in [2.75, 3.05) is 7.11 Å². The molecule has 0 radical (unpaired) electrons. The summed E-state index contributed by atoms with van der Waals surface area (Å²) in [6.07, 6.45) is 0.723. The second-order valence-corrected chi connectivity index (χ2v) is 5.69. The van der Waals surface area contributed by atoms with Crippen LogP contribution in [-0.2, 0) is 6.42 Å². The number of nitrogens with one attached hydrogen (secondary N) is 1. The molecule has 0 fully saturated rings. The number of benzene rings is 2. The Hall–Kier alpha value is -1.07. The third-order valence-corrected chi connectivity index (χ3v) is 4.08. The molecule has 2 rings (SSSR count). The first-order chi connectivity index (χ1) is 9.65. The van der Waals surface area contributed by atoms with Gasteiger partial charge in [0.2, 0.25) is 0 Å². The van der Waals surface area contributed by atoms with E-state index in [1.54, 1.807) is 7.11 Å². The predicted octanol–water partition coefficient (Wildman–Crippen LogP) is 3.86. The summed E-state index contributed by atoms with van der Waals surface area (Å²) in [7, 11) is 1.67. The molecule has 0 amide bonds. The van der Waals surface area contributed by atoms with Crippen LogP contribution in [0.3, 0.4) is 0 Å². The van der Waals surface area contributed by atoms with Gasteiger partial charge in [0, 0.05) is 9.50 Å². The third-order valence-electron chi connectivity index (χ3n) is 3.16. The Morgan fingerprint density at radius 3 is 2.70 bits per heavy atom. The largest absolute Gasteiger partial charge is 0.496 e. The van der Waals surface area contributed by atoms with Gasteiger partial charge in [-0.1, -0.05) is 51.8 Å². The van der Waals surface area contributed by atoms with Crippen LogP contribution in [0.5, 0.6) is 5.75 Å². The maximum absolute atomic E-state index is 5.97. The number of hydrazine groups is 1. The summed E-state index contributed by atoms with van der Waals surface area (Å²) in [4.78, 5) is 0. The zero-order valence-corrected chi connectivity index (χ0v) is 13.4. The maximum atomic E-state index is 5.97. The molecule has 20 heavy (non-hydrogen) atoms. The van der Waals surface area contributed by atoms with E-state index in [0.717, 1.165) is 27.8 Å². The molecule has 0 heterocycles. The van der Waals surface area contributed by atoms with Gasteiger partial charge in [0.05, 0.1) is 13.2 Å². The average molecular weight is 356 g/mol. The van der Waals surface area contributed by atoms with Crippen LogP contribution in [0.4, 0.5) is 0 Å². The first-order valence-electron chi connectivity index (χ1n) is 6.18. The van der Waals surface area contributed by atoms with Gasteiger partial charge in [0.1, 0.15) is 5.75 Å². The molecule has 3 nitrogen and oxygen atoms in total. The molecular formula is C15H16BrClN2O. The second kappa shape index (κ2) is 7.09. The van der Waals surface area contributed by atoms with Gasteiger partial charge < -0.3 is 4.74 Å². The number of para-hydroxylation sites is 1. The topological polar surface area (TPSA) is 47.3 Å². The van der Waals surface area contributed by atoms with Crippen molar-refractivity contribution in [1.82, 2.24) is 5.43 Å². The second-order valence-electron chi connectivity index (χ2n) is 4.40. The molecule has 106 valence electrons. The molecule has 0 aliphatic heterocycles. The summed E-state index contributed by atoms with van der Waals surface area (Å²) in [6.45, 7) is 0. The highest BCUT2D eigenvalue weighted by atomic mass is 79.9. The Bertz CT molecular complexity index is 592. The van der Waals surface area contributed by atoms with E-state index in [1.165, 1.54) is 0 Å². The highest BCUT2D eigenvalue weighted by molar-refractivity contribution is 9.10. The molecule has 0 spiro atoms. The number of hydrogen-bond donors (Lipinski definition) is 2. The summed E-state index contributed by atoms with van der Waals surface area (Å²) < 4.78 is 6.31. The van der Waals surface area contributed by atoms with Gasteiger partial charge in [-0.2, -0.15) is 0 Å². The molecular weight excluding hydrogens is 340 g/mol. The van der Waals surface area contributed by atoms with Gasteiger partial charge in [0.25, 0.3) is 0 Å². The molecule has 2 aromatic rings. The smallest absolute Gasteiger partial charge is 0.122 e. The summed E-state index contributed by atoms with van der Waals surface area (Å²) in [6, 6.07) is 13.6. The molecule has 2 aromatic carbocycles. The Morgan fingerprint density at radius 1 is 1.30 bits per heavy atom. The molecule has 0 aliphatic rings. The third kappa shape index (κ3) is 3.52. The maximum Gasteiger partial charge on any atom is 0.122 e. The Balaban J connectivity index is 2.29. The van der Waals surface area contributed by atoms with Crippen molar-refractivity contribution in [2.45, 2.75) is 12.5 Å². The fraction of sp³-hybridized carbons (Fsp3) is 0.200. The van der Waals surface area contributed by atoms with Crippen molar-refractivity contribution in [3.8, 4) is 5.75 Å². The van der Waals surface area contributed by atoms with E-state index in [4.69, 9.17) is 22.2 Å². The van der Waals surface area contributed by atoms with Crippen LogP contribution < -0.4 is 16.0 Å². The molecule has 0 bridgehead atoms. The lowest BCUT2D eigenvalue weighted by Crippen LogP contribution is -2.30. The fourth-order valence-electron chi connectivity index (χ4n) is 2.13. The highest BCUT2D eigenvalue weighted by Crippen LogP contribution is 2.30. The van der Waals surface area contributed by atoms with Crippen molar-refractivity contribution in [3.05, 3.63) is 63.1 Å². The number of halogens is 2. The number of ether oxygens (including phenoxy) is 1. The lowest BCUT2D eigenvalue weighted by Gasteiger charge is -2.19. The lowest BCUT2D eigenvalue weighted by molar-refractivity contribution is 0.405. The number of hydrogen-bond acceptors (Lipinski definition) is 3. The van der Waals surface area contributed by atoms with Crippen molar-refractivity contribution < 1.29 is 4.74 Å². The van der Waals surface area contributed by atoms with E-state index in [0.29, 0.717) is 5.02 Å². The van der Waals surface area contributed by atoms with Gasteiger partial charge in [-0.3, -0.25) is 11.3 Å². The monoisotopic (exact) mass is 354 g/mol. The summed E-state index contributed by atoms with van der Waals surface area (Å²) in [5.74, 6) is 6.57. The van der Waals surface area contributed by atoms with E-state index >= 15 is 0 Å². The Morgan fingerprint density at radius 2 is 2.05 bits per heavy atom. The summed E-state index contributed by atoms with van der Waals surface area (Å²) >= 11 is 9.50. The Kier molecular flexibility index (Phi) is 5.43. The van der Waals surface area contributed by atoms with Crippen molar-refractivity contribution in [1.29, 1.82) is 0 Å². The minimum absolute atomic E-state index is 0.0297. The predicted molar refractivity (Wildman–Crippen MR) is 85.9 cm³/mol. The van der Waals surface area contributed by atoms with Gasteiger partial charge in [0.15, 0.2) is 0 Å². The fourth-order valence-corrected chi connectivity index (χ4v) is 3.09. The quantitative estimate of drug-likeness (QED) is 0.632. The summed E-state index contributed by atoms with van der Waals surface area (Å²) in [5.41, 5.74) is 5.00. The van der Waals surface area contributed by atoms with Crippen LogP contribution in [0.2, 0.25) is 5.02 Å². The average Bonchev–Trinajstić information content (AvgIpc) is 2.46. The van der Waals surface area contributed by atoms with Gasteiger partial charge in [-0.15, -0.1) is 0 Å². The van der Waals surface area contributed by atoms with Crippen molar-refractivity contribution in [2.24, 2.45) is 5.84 Å². The van der Waals surface area contributed by atoms with Gasteiger partial charge in [-0.05, 0) is 35.7 Å². The number of methoxy groups -OCH3 is 1. The van der Waals surface area contributed by atoms with Crippen molar-refractivity contribution >= 4 is 27.5 Å². The van der Waals surface area contributed by atoms with Crippen molar-refractivity contribution in [3.63, 3.8) is 0 Å². The standard InChI is InChI=1S/C15H16BrClN2O/c1-20-15-5-3-2-4-10(15)8-14(19-18)12-7-6-11(17)9-13(12)16/h2-7,9,14,19H,8,18H2,1H3. The highest BCUT2D eigenvalue weighted by Gasteiger charge is 2.16. The van der Waals surface area contributed by atoms with Crippen LogP contribution in [0.1, 0.15) is 17.2 Å². The first-order valence-corrected chi connectivity index (χ1v) is 7.35. The van der Waals surface area contributed by atoms with Crippen LogP contribution >= 0.6 is 27.5 Å². The van der Waals surface area contributed by atoms with Crippen LogP contribution in [0.15, 0.2) is 46.9 Å². The van der Waals surface area contributed by atoms with E-state index < -0.39 is 0 Å². The minimum atomic E-state index is -0.0297. The number of nitrogens with two attached hydrogens (primary N) is 1. The molecule has 1 unspecified atom stereocenters. The molecule has 0 aromatic heterocycles. The van der Waals surface area contributed by atoms with Crippen LogP contribution in [0, 0.1) is 0 Å². The lowest BCUT2D eigenvalue weighted by atomic mass is 9.99. The summed E-state index contributed by atoms with van der Waals surface area (Å²) in [5, 5.41) is 0.689. The molecule has 1 atom stereocenters. The molecule has 3 N–H and O–H groups in total. The molecule has 0 saturated carbocycles. The number of rotatable bonds is 5. The minimum Gasteiger partial charge on any atom is -0.496 e. The van der Waals surface area contributed by atoms with E-state index in [1.807, 2.05) is 42.5 Å². The van der Waals surface area contributed by atoms with E-state index in [-0.39, 0.29) is 6.04 Å². The molecule has 5 heteroatoms. The van der Waals surface area contributed by atoms with E-state index in [9.17, 15) is 0 Å². The zero-order valence-electron chi connectivity index (χ0n) is 11.1. The van der Waals surface area contributed by atoms with Crippen LogP contribution in [-0.4, -0.2) is 7.11 Å². The van der Waals surface area contributed by atoms with Gasteiger partial charge >= 0.3 is 0 Å².